The molecule has 0 aromatic carbocycles. The third kappa shape index (κ3) is 3.41. The minimum atomic E-state index is 0.272. The highest BCUT2D eigenvalue weighted by Crippen LogP contribution is 2.18. The molecule has 2 saturated heterocycles. The molecule has 2 aromatic rings. The number of hydrogen-bond acceptors (Lipinski definition) is 7. The molecule has 4 rings (SSSR count). The lowest BCUT2D eigenvalue weighted by Crippen LogP contribution is -2.52. The first kappa shape index (κ1) is 16.2. The number of piperazine rings is 1. The fraction of sp³-hybridized carbons (Fsp3) is 0.688. The molecule has 0 radical (unpaired) electrons. The lowest BCUT2D eigenvalue weighted by atomic mass is 10.0. The molecule has 2 fully saturated rings. The van der Waals surface area contributed by atoms with Crippen LogP contribution in [0.5, 0.6) is 0 Å². The van der Waals surface area contributed by atoms with Gasteiger partial charge in [-0.3, -0.25) is 9.69 Å². The van der Waals surface area contributed by atoms with Crippen LogP contribution in [-0.2, 0) is 4.79 Å². The molecule has 1 unspecified atom stereocenters. The summed E-state index contributed by atoms with van der Waals surface area (Å²) in [4.78, 5) is 19.1. The summed E-state index contributed by atoms with van der Waals surface area (Å²) in [5.74, 6) is 1.14. The molecule has 0 aliphatic carbocycles. The Hall–Kier alpha value is -2.29. The van der Waals surface area contributed by atoms with Gasteiger partial charge in [0.15, 0.2) is 11.5 Å². The maximum Gasteiger partial charge on any atom is 0.236 e. The topological polar surface area (TPSA) is 82.8 Å². The summed E-state index contributed by atoms with van der Waals surface area (Å²) in [6.45, 7) is 7.03. The monoisotopic (exact) mass is 344 g/mol. The van der Waals surface area contributed by atoms with E-state index < -0.39 is 0 Å². The number of rotatable bonds is 3. The minimum absolute atomic E-state index is 0.272. The van der Waals surface area contributed by atoms with E-state index in [9.17, 15) is 4.79 Å². The van der Waals surface area contributed by atoms with Gasteiger partial charge in [-0.05, 0) is 48.7 Å². The summed E-state index contributed by atoms with van der Waals surface area (Å²) >= 11 is 0. The van der Waals surface area contributed by atoms with Gasteiger partial charge in [-0.15, -0.1) is 14.8 Å². The first-order valence-corrected chi connectivity index (χ1v) is 9.03. The molecule has 0 bridgehead atoms. The molecule has 0 N–H and O–H groups in total. The number of nitrogens with zero attached hydrogens (tertiary/aromatic N) is 8. The Morgan fingerprint density at radius 1 is 1.16 bits per heavy atom. The van der Waals surface area contributed by atoms with Crippen molar-refractivity contribution in [3.63, 3.8) is 0 Å². The van der Waals surface area contributed by atoms with Crippen LogP contribution in [0.3, 0.4) is 0 Å². The molecule has 1 amide bonds. The molecule has 2 aromatic heterocycles. The van der Waals surface area contributed by atoms with Gasteiger partial charge in [0.1, 0.15) is 0 Å². The average Bonchev–Trinajstić information content (AvgIpc) is 3.10. The number of carbonyl (C=O) groups excluding carboxylic acids is 1. The molecular weight excluding hydrogens is 320 g/mol. The van der Waals surface area contributed by atoms with Crippen molar-refractivity contribution in [2.45, 2.75) is 32.2 Å². The zero-order valence-electron chi connectivity index (χ0n) is 14.6. The molecule has 0 saturated carbocycles. The normalized spacial score (nSPS) is 22.5. The van der Waals surface area contributed by atoms with Crippen LogP contribution in [0.2, 0.25) is 0 Å². The van der Waals surface area contributed by atoms with E-state index in [2.05, 4.69) is 42.2 Å². The van der Waals surface area contributed by atoms with E-state index >= 15 is 0 Å². The number of hydrogen-bond donors (Lipinski definition) is 0. The maximum absolute atomic E-state index is 12.6. The molecule has 0 spiro atoms. The van der Waals surface area contributed by atoms with Crippen LogP contribution >= 0.6 is 0 Å². The maximum atomic E-state index is 12.6. The Labute approximate surface area is 146 Å². The van der Waals surface area contributed by atoms with E-state index in [1.54, 1.807) is 0 Å². The summed E-state index contributed by atoms with van der Waals surface area (Å²) in [5.41, 5.74) is 0.642. The fourth-order valence-electron chi connectivity index (χ4n) is 3.69. The average molecular weight is 344 g/mol. The van der Waals surface area contributed by atoms with Gasteiger partial charge in [-0.1, -0.05) is 0 Å². The van der Waals surface area contributed by atoms with Crippen LogP contribution < -0.4 is 4.90 Å². The van der Waals surface area contributed by atoms with Crippen LogP contribution in [0.1, 0.15) is 26.2 Å². The van der Waals surface area contributed by atoms with Crippen molar-refractivity contribution in [3.05, 3.63) is 12.1 Å². The number of likely N-dealkylation sites (tertiary alicyclic amines) is 1. The molecular formula is C16H24N8O. The predicted molar refractivity (Wildman–Crippen MR) is 92.3 cm³/mol. The van der Waals surface area contributed by atoms with Crippen molar-refractivity contribution in [1.29, 1.82) is 0 Å². The summed E-state index contributed by atoms with van der Waals surface area (Å²) in [5, 5.41) is 15.8. The molecule has 2 aliphatic heterocycles. The second-order valence-corrected chi connectivity index (χ2v) is 6.91. The van der Waals surface area contributed by atoms with Gasteiger partial charge >= 0.3 is 0 Å². The van der Waals surface area contributed by atoms with E-state index in [0.717, 1.165) is 51.4 Å². The summed E-state index contributed by atoms with van der Waals surface area (Å²) in [6, 6.07) is 4.20. The zero-order chi connectivity index (χ0) is 17.2. The van der Waals surface area contributed by atoms with Gasteiger partial charge in [0.05, 0.1) is 6.54 Å². The first-order chi connectivity index (χ1) is 12.2. The highest BCUT2D eigenvalue weighted by atomic mass is 16.2. The van der Waals surface area contributed by atoms with Crippen molar-refractivity contribution in [1.82, 2.24) is 35.1 Å². The highest BCUT2D eigenvalue weighted by molar-refractivity contribution is 5.78. The van der Waals surface area contributed by atoms with Crippen molar-refractivity contribution in [2.75, 3.05) is 44.2 Å². The van der Waals surface area contributed by atoms with Crippen LogP contribution in [0.15, 0.2) is 12.1 Å². The largest absolute Gasteiger partial charge is 0.353 e. The quantitative estimate of drug-likeness (QED) is 0.777. The number of piperidine rings is 1. The number of fused-ring (bicyclic) bond motifs is 1. The second kappa shape index (κ2) is 6.91. The second-order valence-electron chi connectivity index (χ2n) is 6.91. The molecule has 25 heavy (non-hydrogen) atoms. The van der Waals surface area contributed by atoms with E-state index in [1.165, 1.54) is 11.1 Å². The number of tetrazole rings is 1. The fourth-order valence-corrected chi connectivity index (χ4v) is 3.69. The van der Waals surface area contributed by atoms with E-state index in [0.29, 0.717) is 18.2 Å². The third-order valence-electron chi connectivity index (χ3n) is 5.23. The van der Waals surface area contributed by atoms with Gasteiger partial charge in [-0.2, -0.15) is 0 Å². The van der Waals surface area contributed by atoms with E-state index in [-0.39, 0.29) is 5.91 Å². The van der Waals surface area contributed by atoms with Gasteiger partial charge in [0.2, 0.25) is 5.91 Å². The van der Waals surface area contributed by atoms with Gasteiger partial charge < -0.3 is 9.80 Å². The highest BCUT2D eigenvalue weighted by Gasteiger charge is 2.26. The van der Waals surface area contributed by atoms with Gasteiger partial charge in [-0.25, -0.2) is 0 Å². The molecule has 4 heterocycles. The number of aromatic nitrogens is 5. The van der Waals surface area contributed by atoms with Crippen LogP contribution in [0, 0.1) is 0 Å². The van der Waals surface area contributed by atoms with Crippen molar-refractivity contribution in [3.8, 4) is 0 Å². The Morgan fingerprint density at radius 3 is 2.80 bits per heavy atom. The Bertz CT molecular complexity index is 739. The summed E-state index contributed by atoms with van der Waals surface area (Å²) < 4.78 is 1.45. The number of amides is 1. The van der Waals surface area contributed by atoms with Crippen molar-refractivity contribution in [2.24, 2.45) is 0 Å². The molecule has 9 nitrogen and oxygen atoms in total. The van der Waals surface area contributed by atoms with Crippen molar-refractivity contribution < 1.29 is 4.79 Å². The molecule has 134 valence electrons. The Kier molecular flexibility index (Phi) is 4.48. The van der Waals surface area contributed by atoms with Crippen LogP contribution in [0.4, 0.5) is 5.82 Å². The molecule has 1 atom stereocenters. The molecule has 9 heteroatoms. The summed E-state index contributed by atoms with van der Waals surface area (Å²) in [7, 11) is 0. The Morgan fingerprint density at radius 2 is 2.00 bits per heavy atom. The summed E-state index contributed by atoms with van der Waals surface area (Å²) in [6.07, 6.45) is 3.50. The van der Waals surface area contributed by atoms with Crippen LogP contribution in [0.25, 0.3) is 5.65 Å². The van der Waals surface area contributed by atoms with Gasteiger partial charge in [0, 0.05) is 38.8 Å². The number of carbonyl (C=O) groups is 1. The lowest BCUT2D eigenvalue weighted by Gasteiger charge is -2.38. The SMILES string of the molecule is CC1CCCCN1C(=O)CN1CCN(c2ccc3nnnn3n2)CC1. The van der Waals surface area contributed by atoms with Crippen molar-refractivity contribution >= 4 is 17.4 Å². The predicted octanol–water partition coefficient (Wildman–Crippen LogP) is 0.0423. The van der Waals surface area contributed by atoms with E-state index in [1.807, 2.05) is 12.1 Å². The first-order valence-electron chi connectivity index (χ1n) is 9.03. The van der Waals surface area contributed by atoms with Crippen LogP contribution in [-0.4, -0.2) is 86.3 Å². The lowest BCUT2D eigenvalue weighted by molar-refractivity contribution is -0.135. The zero-order valence-corrected chi connectivity index (χ0v) is 14.6. The Balaban J connectivity index is 1.32. The molecule has 2 aliphatic rings. The standard InChI is InChI=1S/C16H24N8O/c1-13-4-2-3-7-23(13)16(25)12-21-8-10-22(11-9-21)15-6-5-14-17-19-20-24(14)18-15/h5-6,13H,2-4,7-12H2,1H3. The number of anilines is 1. The smallest absolute Gasteiger partial charge is 0.236 e. The minimum Gasteiger partial charge on any atom is -0.353 e. The van der Waals surface area contributed by atoms with E-state index in [4.69, 9.17) is 0 Å². The third-order valence-corrected chi connectivity index (χ3v) is 5.23. The van der Waals surface area contributed by atoms with Gasteiger partial charge in [0.25, 0.3) is 0 Å².